The molecule has 8 nitrogen and oxygen atoms in total. The quantitative estimate of drug-likeness (QED) is 0.676. The zero-order chi connectivity index (χ0) is 19.5. The van der Waals surface area contributed by atoms with E-state index in [0.29, 0.717) is 24.7 Å². The molecular formula is C20H21N5O3. The second-order valence-corrected chi connectivity index (χ2v) is 6.59. The number of aryl methyl sites for hydroxylation is 1. The first kappa shape index (κ1) is 18.0. The third-order valence-electron chi connectivity index (χ3n) is 4.72. The molecule has 0 saturated carbocycles. The molecule has 1 fully saturated rings. The summed E-state index contributed by atoms with van der Waals surface area (Å²) >= 11 is 0. The van der Waals surface area contributed by atoms with Gasteiger partial charge in [0.15, 0.2) is 0 Å². The van der Waals surface area contributed by atoms with Gasteiger partial charge in [-0.25, -0.2) is 4.98 Å². The van der Waals surface area contributed by atoms with Gasteiger partial charge in [0.1, 0.15) is 17.5 Å². The van der Waals surface area contributed by atoms with Crippen LogP contribution in [0.15, 0.2) is 48.9 Å². The summed E-state index contributed by atoms with van der Waals surface area (Å²) in [5, 5.41) is 4.50. The number of hydrogen-bond donors (Lipinski definition) is 0. The van der Waals surface area contributed by atoms with Crippen LogP contribution in [0.3, 0.4) is 0 Å². The van der Waals surface area contributed by atoms with E-state index in [9.17, 15) is 4.79 Å². The molecule has 2 aromatic heterocycles. The molecule has 1 aliphatic rings. The molecule has 1 amide bonds. The molecule has 0 N–H and O–H groups in total. The molecule has 1 unspecified atom stereocenters. The van der Waals surface area contributed by atoms with Gasteiger partial charge in [0.25, 0.3) is 5.91 Å². The summed E-state index contributed by atoms with van der Waals surface area (Å²) in [7, 11) is 3.40. The van der Waals surface area contributed by atoms with Crippen molar-refractivity contribution >= 4 is 5.91 Å². The summed E-state index contributed by atoms with van der Waals surface area (Å²) in [4.78, 5) is 22.9. The molecule has 28 heavy (non-hydrogen) atoms. The van der Waals surface area contributed by atoms with E-state index in [1.165, 1.54) is 0 Å². The van der Waals surface area contributed by atoms with Crippen LogP contribution in [-0.2, 0) is 7.05 Å². The fourth-order valence-corrected chi connectivity index (χ4v) is 3.28. The number of methoxy groups -OCH3 is 1. The van der Waals surface area contributed by atoms with Crippen LogP contribution in [0, 0.1) is 0 Å². The van der Waals surface area contributed by atoms with Crippen molar-refractivity contribution in [2.75, 3.05) is 20.2 Å². The number of aromatic nitrogens is 4. The maximum absolute atomic E-state index is 13.0. The molecule has 0 bridgehead atoms. The maximum Gasteiger partial charge on any atom is 0.272 e. The molecule has 4 rings (SSSR count). The van der Waals surface area contributed by atoms with E-state index in [1.807, 2.05) is 30.3 Å². The van der Waals surface area contributed by atoms with Crippen LogP contribution in [0.1, 0.15) is 16.9 Å². The predicted octanol–water partition coefficient (Wildman–Crippen LogP) is 2.18. The average molecular weight is 379 g/mol. The van der Waals surface area contributed by atoms with Gasteiger partial charge in [-0.1, -0.05) is 12.1 Å². The van der Waals surface area contributed by atoms with E-state index >= 15 is 0 Å². The fourth-order valence-electron chi connectivity index (χ4n) is 3.28. The minimum atomic E-state index is -0.0910. The Morgan fingerprint density at radius 2 is 2.14 bits per heavy atom. The average Bonchev–Trinajstić information content (AvgIpc) is 3.35. The summed E-state index contributed by atoms with van der Waals surface area (Å²) in [6.07, 6.45) is 5.42. The highest BCUT2D eigenvalue weighted by molar-refractivity contribution is 5.94. The number of ether oxygens (including phenoxy) is 2. The second-order valence-electron chi connectivity index (χ2n) is 6.59. The van der Waals surface area contributed by atoms with Crippen molar-refractivity contribution in [1.82, 2.24) is 24.6 Å². The van der Waals surface area contributed by atoms with Gasteiger partial charge in [-0.3, -0.25) is 14.5 Å². The lowest BCUT2D eigenvalue weighted by Crippen LogP contribution is -2.32. The number of likely N-dealkylation sites (tertiary alicyclic amines) is 1. The van der Waals surface area contributed by atoms with E-state index in [-0.39, 0.29) is 12.0 Å². The smallest absolute Gasteiger partial charge is 0.272 e. The van der Waals surface area contributed by atoms with Crippen molar-refractivity contribution in [2.24, 2.45) is 7.05 Å². The highest BCUT2D eigenvalue weighted by atomic mass is 16.5. The summed E-state index contributed by atoms with van der Waals surface area (Å²) < 4.78 is 12.7. The van der Waals surface area contributed by atoms with E-state index in [1.54, 1.807) is 42.3 Å². The summed E-state index contributed by atoms with van der Waals surface area (Å²) in [5.41, 5.74) is 2.17. The molecule has 3 heterocycles. The first-order valence-corrected chi connectivity index (χ1v) is 9.04. The Labute approximate surface area is 162 Å². The van der Waals surface area contributed by atoms with Crippen LogP contribution >= 0.6 is 0 Å². The Balaban J connectivity index is 1.47. The molecule has 0 spiro atoms. The summed E-state index contributed by atoms with van der Waals surface area (Å²) in [5.74, 6) is 1.16. The molecule has 0 radical (unpaired) electrons. The highest BCUT2D eigenvalue weighted by Gasteiger charge is 2.30. The fraction of sp³-hybridized carbons (Fsp3) is 0.300. The second kappa shape index (κ2) is 7.67. The molecule has 1 aliphatic heterocycles. The Morgan fingerprint density at radius 1 is 1.25 bits per heavy atom. The van der Waals surface area contributed by atoms with E-state index in [4.69, 9.17) is 9.47 Å². The number of rotatable bonds is 5. The number of benzene rings is 1. The van der Waals surface area contributed by atoms with Gasteiger partial charge >= 0.3 is 0 Å². The van der Waals surface area contributed by atoms with Gasteiger partial charge < -0.3 is 14.4 Å². The van der Waals surface area contributed by atoms with Crippen molar-refractivity contribution in [3.05, 3.63) is 54.6 Å². The van der Waals surface area contributed by atoms with Gasteiger partial charge in [0.05, 0.1) is 25.5 Å². The van der Waals surface area contributed by atoms with E-state index < -0.39 is 0 Å². The number of amides is 1. The molecule has 144 valence electrons. The van der Waals surface area contributed by atoms with Crippen LogP contribution in [0.25, 0.3) is 11.3 Å². The first-order valence-electron chi connectivity index (χ1n) is 9.04. The third-order valence-corrected chi connectivity index (χ3v) is 4.72. The van der Waals surface area contributed by atoms with Crippen LogP contribution < -0.4 is 9.47 Å². The highest BCUT2D eigenvalue weighted by Crippen LogP contribution is 2.25. The first-order chi connectivity index (χ1) is 13.6. The topological polar surface area (TPSA) is 82.4 Å². The minimum absolute atomic E-state index is 0.0607. The van der Waals surface area contributed by atoms with Crippen molar-refractivity contribution < 1.29 is 14.3 Å². The van der Waals surface area contributed by atoms with Gasteiger partial charge in [-0.2, -0.15) is 5.10 Å². The van der Waals surface area contributed by atoms with Crippen molar-refractivity contribution in [3.8, 4) is 22.9 Å². The summed E-state index contributed by atoms with van der Waals surface area (Å²) in [6.45, 7) is 1.14. The standard InChI is InChI=1S/C20H21N5O3/c1-24-18(11-17(23-24)14-4-3-5-15(10-14)27-2)20(26)25-9-6-16(13-25)28-19-12-21-7-8-22-19/h3-5,7-8,10-12,16H,6,9,13H2,1-2H3. The Kier molecular flexibility index (Phi) is 4.92. The van der Waals surface area contributed by atoms with E-state index in [2.05, 4.69) is 15.1 Å². The number of hydrogen-bond acceptors (Lipinski definition) is 6. The lowest BCUT2D eigenvalue weighted by molar-refractivity contribution is 0.0760. The van der Waals surface area contributed by atoms with Crippen molar-refractivity contribution in [1.29, 1.82) is 0 Å². The monoisotopic (exact) mass is 379 g/mol. The number of carbonyl (C=O) groups excluding carboxylic acids is 1. The Morgan fingerprint density at radius 3 is 2.93 bits per heavy atom. The molecular weight excluding hydrogens is 358 g/mol. The Hall–Kier alpha value is -3.42. The minimum Gasteiger partial charge on any atom is -0.497 e. The van der Waals surface area contributed by atoms with Crippen LogP contribution in [0.2, 0.25) is 0 Å². The molecule has 1 saturated heterocycles. The molecule has 3 aromatic rings. The lowest BCUT2D eigenvalue weighted by atomic mass is 10.1. The van der Waals surface area contributed by atoms with Crippen LogP contribution in [-0.4, -0.2) is 56.9 Å². The zero-order valence-electron chi connectivity index (χ0n) is 15.8. The Bertz CT molecular complexity index is 973. The van der Waals surface area contributed by atoms with Crippen molar-refractivity contribution in [3.63, 3.8) is 0 Å². The van der Waals surface area contributed by atoms with E-state index in [0.717, 1.165) is 23.4 Å². The maximum atomic E-state index is 13.0. The van der Waals surface area contributed by atoms with Gasteiger partial charge in [-0.15, -0.1) is 0 Å². The van der Waals surface area contributed by atoms with Gasteiger partial charge in [0, 0.05) is 38.0 Å². The zero-order valence-corrected chi connectivity index (χ0v) is 15.8. The third kappa shape index (κ3) is 3.66. The molecule has 1 atom stereocenters. The predicted molar refractivity (Wildman–Crippen MR) is 102 cm³/mol. The molecule has 1 aromatic carbocycles. The SMILES string of the molecule is COc1cccc(-c2cc(C(=O)N3CCC(Oc4cnccn4)C3)n(C)n2)c1. The molecule has 8 heteroatoms. The molecule has 0 aliphatic carbocycles. The largest absolute Gasteiger partial charge is 0.497 e. The number of carbonyl (C=O) groups is 1. The van der Waals surface area contributed by atoms with Gasteiger partial charge in [-0.05, 0) is 18.2 Å². The van der Waals surface area contributed by atoms with Crippen LogP contribution in [0.4, 0.5) is 0 Å². The lowest BCUT2D eigenvalue weighted by Gasteiger charge is -2.16. The summed E-state index contributed by atoms with van der Waals surface area (Å²) in [6, 6.07) is 9.43. The number of nitrogens with zero attached hydrogens (tertiary/aromatic N) is 5. The van der Waals surface area contributed by atoms with Crippen LogP contribution in [0.5, 0.6) is 11.6 Å². The van der Waals surface area contributed by atoms with Crippen molar-refractivity contribution in [2.45, 2.75) is 12.5 Å². The van der Waals surface area contributed by atoms with Gasteiger partial charge in [0.2, 0.25) is 5.88 Å². The normalized spacial score (nSPS) is 16.2.